The van der Waals surface area contributed by atoms with Gasteiger partial charge in [0.05, 0.1) is 0 Å². The van der Waals surface area contributed by atoms with Crippen molar-refractivity contribution in [2.24, 2.45) is 7.05 Å². The molecule has 0 fully saturated rings. The zero-order chi connectivity index (χ0) is 12.1. The molecule has 5 heteroatoms. The molecule has 0 aliphatic heterocycles. The van der Waals surface area contributed by atoms with Gasteiger partial charge in [-0.25, -0.2) is 9.67 Å². The molecule has 0 saturated carbocycles. The first-order valence-electron chi connectivity index (χ1n) is 5.61. The molecule has 0 aliphatic rings. The Morgan fingerprint density at radius 1 is 1.29 bits per heavy atom. The van der Waals surface area contributed by atoms with Gasteiger partial charge in [0.2, 0.25) is 0 Å². The Hall–Kier alpha value is -1.33. The fraction of sp³-hybridized carbons (Fsp3) is 0.333. The van der Waals surface area contributed by atoms with E-state index < -0.39 is 0 Å². The second kappa shape index (κ2) is 5.84. The Bertz CT molecular complexity index is 464. The second-order valence-electron chi connectivity index (χ2n) is 3.69. The van der Waals surface area contributed by atoms with Crippen LogP contribution in [0.1, 0.15) is 12.5 Å². The highest BCUT2D eigenvalue weighted by Crippen LogP contribution is 2.25. The van der Waals surface area contributed by atoms with E-state index in [0.29, 0.717) is 0 Å². The number of aromatic nitrogens is 3. The Morgan fingerprint density at radius 3 is 2.65 bits per heavy atom. The molecular formula is C12H16N4S. The maximum Gasteiger partial charge on any atom is 0.190 e. The lowest BCUT2D eigenvalue weighted by Gasteiger charge is -2.04. The van der Waals surface area contributed by atoms with E-state index in [-0.39, 0.29) is 0 Å². The second-order valence-corrected chi connectivity index (χ2v) is 4.73. The van der Waals surface area contributed by atoms with E-state index in [0.717, 1.165) is 18.2 Å². The van der Waals surface area contributed by atoms with Crippen molar-refractivity contribution in [1.29, 1.82) is 0 Å². The highest BCUT2D eigenvalue weighted by Gasteiger charge is 2.03. The molecule has 0 saturated heterocycles. The monoisotopic (exact) mass is 248 g/mol. The first-order valence-corrected chi connectivity index (χ1v) is 6.42. The van der Waals surface area contributed by atoms with Crippen molar-refractivity contribution >= 4 is 11.8 Å². The van der Waals surface area contributed by atoms with Crippen molar-refractivity contribution in [3.05, 3.63) is 36.2 Å². The summed E-state index contributed by atoms with van der Waals surface area (Å²) in [5, 5.41) is 8.26. The Balaban J connectivity index is 2.01. The number of benzene rings is 1. The predicted molar refractivity (Wildman–Crippen MR) is 68.9 cm³/mol. The SMILES string of the molecule is CCNCc1ccc(Sc2ncnn2C)cc1. The highest BCUT2D eigenvalue weighted by atomic mass is 32.2. The summed E-state index contributed by atoms with van der Waals surface area (Å²) >= 11 is 1.62. The molecule has 0 aliphatic carbocycles. The van der Waals surface area contributed by atoms with Crippen molar-refractivity contribution < 1.29 is 0 Å². The first kappa shape index (κ1) is 12.1. The minimum atomic E-state index is 0.907. The van der Waals surface area contributed by atoms with Crippen molar-refractivity contribution in [3.63, 3.8) is 0 Å². The molecule has 0 unspecified atom stereocenters. The fourth-order valence-corrected chi connectivity index (χ4v) is 2.19. The van der Waals surface area contributed by atoms with E-state index >= 15 is 0 Å². The molecule has 0 atom stereocenters. The number of nitrogens with one attached hydrogen (secondary N) is 1. The van der Waals surface area contributed by atoms with Gasteiger partial charge in [-0.15, -0.1) is 0 Å². The molecule has 0 bridgehead atoms. The third kappa shape index (κ3) is 3.31. The van der Waals surface area contributed by atoms with Gasteiger partial charge in [-0.3, -0.25) is 0 Å². The molecule has 0 radical (unpaired) electrons. The summed E-state index contributed by atoms with van der Waals surface area (Å²) in [5.74, 6) is 0. The quantitative estimate of drug-likeness (QED) is 0.879. The summed E-state index contributed by atoms with van der Waals surface area (Å²) in [6, 6.07) is 8.51. The zero-order valence-electron chi connectivity index (χ0n) is 10.1. The van der Waals surface area contributed by atoms with Crippen LogP contribution in [0.25, 0.3) is 0 Å². The summed E-state index contributed by atoms with van der Waals surface area (Å²) < 4.78 is 1.78. The van der Waals surface area contributed by atoms with Gasteiger partial charge in [0.1, 0.15) is 6.33 Å². The third-order valence-corrected chi connectivity index (χ3v) is 3.44. The molecule has 2 rings (SSSR count). The van der Waals surface area contributed by atoms with Gasteiger partial charge in [0.15, 0.2) is 5.16 Å². The highest BCUT2D eigenvalue weighted by molar-refractivity contribution is 7.99. The van der Waals surface area contributed by atoms with Crippen LogP contribution in [-0.4, -0.2) is 21.3 Å². The smallest absolute Gasteiger partial charge is 0.190 e. The minimum Gasteiger partial charge on any atom is -0.313 e. The van der Waals surface area contributed by atoms with E-state index in [1.165, 1.54) is 10.5 Å². The van der Waals surface area contributed by atoms with Crippen LogP contribution < -0.4 is 5.32 Å². The van der Waals surface area contributed by atoms with Crippen LogP contribution in [0.15, 0.2) is 40.6 Å². The average molecular weight is 248 g/mol. The Kier molecular flexibility index (Phi) is 4.17. The van der Waals surface area contributed by atoms with Crippen LogP contribution in [0.4, 0.5) is 0 Å². The van der Waals surface area contributed by atoms with E-state index in [1.54, 1.807) is 22.8 Å². The number of rotatable bonds is 5. The predicted octanol–water partition coefficient (Wildman–Crippen LogP) is 2.08. The number of hydrogen-bond donors (Lipinski definition) is 1. The van der Waals surface area contributed by atoms with Crippen molar-refractivity contribution in [2.45, 2.75) is 23.5 Å². The first-order chi connectivity index (χ1) is 8.29. The normalized spacial score (nSPS) is 10.7. The lowest BCUT2D eigenvalue weighted by Crippen LogP contribution is -2.11. The number of nitrogens with zero attached hydrogens (tertiary/aromatic N) is 3. The Morgan fingerprint density at radius 2 is 2.06 bits per heavy atom. The van der Waals surface area contributed by atoms with E-state index in [4.69, 9.17) is 0 Å². The van der Waals surface area contributed by atoms with Gasteiger partial charge >= 0.3 is 0 Å². The molecule has 90 valence electrons. The molecule has 1 aromatic carbocycles. The maximum absolute atomic E-state index is 4.19. The largest absolute Gasteiger partial charge is 0.313 e. The summed E-state index contributed by atoms with van der Waals surface area (Å²) in [4.78, 5) is 5.37. The Labute approximate surface area is 105 Å². The third-order valence-electron chi connectivity index (χ3n) is 2.38. The lowest BCUT2D eigenvalue weighted by atomic mass is 10.2. The topological polar surface area (TPSA) is 42.7 Å². The van der Waals surface area contributed by atoms with Crippen LogP contribution in [0.5, 0.6) is 0 Å². The summed E-state index contributed by atoms with van der Waals surface area (Å²) in [6.45, 7) is 4.03. The van der Waals surface area contributed by atoms with E-state index in [1.807, 2.05) is 7.05 Å². The van der Waals surface area contributed by atoms with Gasteiger partial charge in [-0.1, -0.05) is 30.8 Å². The lowest BCUT2D eigenvalue weighted by molar-refractivity contribution is 0.685. The molecule has 4 nitrogen and oxygen atoms in total. The molecule has 1 heterocycles. The maximum atomic E-state index is 4.19. The van der Waals surface area contributed by atoms with Gasteiger partial charge < -0.3 is 5.32 Å². The molecule has 0 spiro atoms. The number of hydrogen-bond acceptors (Lipinski definition) is 4. The summed E-state index contributed by atoms with van der Waals surface area (Å²) in [6.07, 6.45) is 1.57. The van der Waals surface area contributed by atoms with Crippen LogP contribution in [0, 0.1) is 0 Å². The van der Waals surface area contributed by atoms with Crippen LogP contribution >= 0.6 is 11.8 Å². The van der Waals surface area contributed by atoms with Gasteiger partial charge in [-0.2, -0.15) is 5.10 Å². The fourth-order valence-electron chi connectivity index (χ4n) is 1.43. The van der Waals surface area contributed by atoms with Gasteiger partial charge in [0, 0.05) is 18.5 Å². The van der Waals surface area contributed by atoms with Crippen LogP contribution in [0.3, 0.4) is 0 Å². The van der Waals surface area contributed by atoms with E-state index in [2.05, 4.69) is 46.6 Å². The summed E-state index contributed by atoms with van der Waals surface area (Å²) in [7, 11) is 1.90. The molecule has 1 aromatic heterocycles. The molecule has 17 heavy (non-hydrogen) atoms. The van der Waals surface area contributed by atoms with E-state index in [9.17, 15) is 0 Å². The molecule has 0 amide bonds. The van der Waals surface area contributed by atoms with Gasteiger partial charge in [-0.05, 0) is 24.2 Å². The molecule has 2 aromatic rings. The minimum absolute atomic E-state index is 0.907. The summed E-state index contributed by atoms with van der Waals surface area (Å²) in [5.41, 5.74) is 1.30. The molecular weight excluding hydrogens is 232 g/mol. The van der Waals surface area contributed by atoms with Crippen molar-refractivity contribution in [3.8, 4) is 0 Å². The molecule has 1 N–H and O–H groups in total. The number of aryl methyl sites for hydroxylation is 1. The zero-order valence-corrected chi connectivity index (χ0v) is 10.9. The van der Waals surface area contributed by atoms with Gasteiger partial charge in [0.25, 0.3) is 0 Å². The standard InChI is InChI=1S/C12H16N4S/c1-3-13-8-10-4-6-11(7-5-10)17-12-14-9-15-16(12)2/h4-7,9,13H,3,8H2,1-2H3. The van der Waals surface area contributed by atoms with Crippen LogP contribution in [0.2, 0.25) is 0 Å². The van der Waals surface area contributed by atoms with Crippen molar-refractivity contribution in [1.82, 2.24) is 20.1 Å². The average Bonchev–Trinajstić information content (AvgIpc) is 2.74. The van der Waals surface area contributed by atoms with Crippen molar-refractivity contribution in [2.75, 3.05) is 6.54 Å². The van der Waals surface area contributed by atoms with Crippen LogP contribution in [-0.2, 0) is 13.6 Å².